The SMILES string of the molecule is O=C(Nc1ccn(C2CCCCCCCCCCC2)c(=O)c1)c1cscn1. The van der Waals surface area contributed by atoms with E-state index in [0.29, 0.717) is 11.4 Å². The van der Waals surface area contributed by atoms with Gasteiger partial charge in [-0.1, -0.05) is 57.8 Å². The average Bonchev–Trinajstić information content (AvgIpc) is 3.18. The van der Waals surface area contributed by atoms with Crippen LogP contribution in [0.4, 0.5) is 5.69 Å². The predicted molar refractivity (Wildman–Crippen MR) is 111 cm³/mol. The van der Waals surface area contributed by atoms with Gasteiger partial charge in [0, 0.05) is 29.4 Å². The molecule has 0 aliphatic heterocycles. The first-order valence-corrected chi connectivity index (χ1v) is 11.1. The second-order valence-corrected chi connectivity index (χ2v) is 8.12. The molecule has 0 saturated heterocycles. The van der Waals surface area contributed by atoms with Gasteiger partial charge in [0.1, 0.15) is 5.69 Å². The Labute approximate surface area is 164 Å². The lowest BCUT2D eigenvalue weighted by molar-refractivity contribution is 0.102. The number of nitrogens with zero attached hydrogens (tertiary/aromatic N) is 2. The molecule has 1 amide bonds. The monoisotopic (exact) mass is 387 g/mol. The van der Waals surface area contributed by atoms with Crippen LogP contribution in [0.3, 0.4) is 0 Å². The molecule has 0 atom stereocenters. The highest BCUT2D eigenvalue weighted by atomic mass is 32.1. The number of anilines is 1. The van der Waals surface area contributed by atoms with Gasteiger partial charge in [0.15, 0.2) is 0 Å². The summed E-state index contributed by atoms with van der Waals surface area (Å²) in [4.78, 5) is 28.8. The highest BCUT2D eigenvalue weighted by molar-refractivity contribution is 7.07. The Hall–Kier alpha value is -1.95. The summed E-state index contributed by atoms with van der Waals surface area (Å²) in [5, 5.41) is 4.46. The van der Waals surface area contributed by atoms with Gasteiger partial charge in [-0.3, -0.25) is 9.59 Å². The molecule has 3 rings (SSSR count). The minimum absolute atomic E-state index is 0.0387. The van der Waals surface area contributed by atoms with E-state index < -0.39 is 0 Å². The fraction of sp³-hybridized carbons (Fsp3) is 0.571. The van der Waals surface area contributed by atoms with Crippen molar-refractivity contribution in [2.75, 3.05) is 5.32 Å². The number of thiazole rings is 1. The average molecular weight is 388 g/mol. The Morgan fingerprint density at radius 2 is 1.67 bits per heavy atom. The van der Waals surface area contributed by atoms with Crippen LogP contribution in [-0.4, -0.2) is 15.5 Å². The Morgan fingerprint density at radius 1 is 1.04 bits per heavy atom. The van der Waals surface area contributed by atoms with E-state index in [1.54, 1.807) is 10.9 Å². The molecule has 6 heteroatoms. The normalized spacial score (nSPS) is 17.6. The molecule has 1 N–H and O–H groups in total. The first kappa shape index (κ1) is 19.8. The van der Waals surface area contributed by atoms with Crippen molar-refractivity contribution in [3.63, 3.8) is 0 Å². The van der Waals surface area contributed by atoms with Crippen LogP contribution in [-0.2, 0) is 0 Å². The topological polar surface area (TPSA) is 64.0 Å². The van der Waals surface area contributed by atoms with E-state index in [2.05, 4.69) is 10.3 Å². The lowest BCUT2D eigenvalue weighted by atomic mass is 9.97. The van der Waals surface area contributed by atoms with Crippen molar-refractivity contribution >= 4 is 22.9 Å². The lowest BCUT2D eigenvalue weighted by Crippen LogP contribution is -2.25. The number of carbonyl (C=O) groups is 1. The summed E-state index contributed by atoms with van der Waals surface area (Å²) < 4.78 is 1.87. The summed E-state index contributed by atoms with van der Waals surface area (Å²) in [5.74, 6) is -0.278. The zero-order valence-corrected chi connectivity index (χ0v) is 16.7. The van der Waals surface area contributed by atoms with Gasteiger partial charge in [-0.05, 0) is 18.9 Å². The van der Waals surface area contributed by atoms with E-state index in [4.69, 9.17) is 0 Å². The number of nitrogens with one attached hydrogen (secondary N) is 1. The van der Waals surface area contributed by atoms with Crippen LogP contribution >= 0.6 is 11.3 Å². The van der Waals surface area contributed by atoms with Gasteiger partial charge in [0.05, 0.1) is 5.51 Å². The Kier molecular flexibility index (Phi) is 7.63. The van der Waals surface area contributed by atoms with Crippen LogP contribution in [0.15, 0.2) is 34.0 Å². The molecule has 1 aliphatic rings. The fourth-order valence-electron chi connectivity index (χ4n) is 3.81. The zero-order valence-electron chi connectivity index (χ0n) is 15.9. The predicted octanol–water partition coefficient (Wildman–Crippen LogP) is 5.40. The molecule has 27 heavy (non-hydrogen) atoms. The lowest BCUT2D eigenvalue weighted by Gasteiger charge is -2.21. The first-order chi connectivity index (χ1) is 13.2. The van der Waals surface area contributed by atoms with Crippen LogP contribution in [0.5, 0.6) is 0 Å². The largest absolute Gasteiger partial charge is 0.320 e. The summed E-state index contributed by atoms with van der Waals surface area (Å²) in [5.41, 5.74) is 2.49. The van der Waals surface area contributed by atoms with Gasteiger partial charge in [-0.25, -0.2) is 4.98 Å². The van der Waals surface area contributed by atoms with Crippen molar-refractivity contribution in [2.45, 2.75) is 76.7 Å². The number of amides is 1. The Balaban J connectivity index is 1.66. The molecule has 5 nitrogen and oxygen atoms in total. The maximum absolute atomic E-state index is 12.7. The van der Waals surface area contributed by atoms with Crippen molar-refractivity contribution in [1.82, 2.24) is 9.55 Å². The summed E-state index contributed by atoms with van der Waals surface area (Å²) in [6, 6.07) is 3.61. The maximum atomic E-state index is 12.7. The number of hydrogen-bond acceptors (Lipinski definition) is 4. The first-order valence-electron chi connectivity index (χ1n) is 10.2. The molecule has 2 aromatic heterocycles. The van der Waals surface area contributed by atoms with Crippen molar-refractivity contribution in [3.8, 4) is 0 Å². The second-order valence-electron chi connectivity index (χ2n) is 7.40. The maximum Gasteiger partial charge on any atom is 0.275 e. The summed E-state index contributed by atoms with van der Waals surface area (Å²) >= 11 is 1.37. The van der Waals surface area contributed by atoms with Crippen molar-refractivity contribution in [2.24, 2.45) is 0 Å². The molecule has 0 bridgehead atoms. The van der Waals surface area contributed by atoms with E-state index in [-0.39, 0.29) is 17.5 Å². The molecule has 0 aromatic carbocycles. The number of pyridine rings is 1. The zero-order chi connectivity index (χ0) is 18.9. The molecule has 1 fully saturated rings. The minimum atomic E-state index is -0.278. The van der Waals surface area contributed by atoms with Crippen molar-refractivity contribution < 1.29 is 4.79 Å². The van der Waals surface area contributed by atoms with Gasteiger partial charge in [0.2, 0.25) is 0 Å². The van der Waals surface area contributed by atoms with Gasteiger partial charge < -0.3 is 9.88 Å². The van der Waals surface area contributed by atoms with Crippen LogP contribution < -0.4 is 10.9 Å². The van der Waals surface area contributed by atoms with Crippen molar-refractivity contribution in [1.29, 1.82) is 0 Å². The molecule has 2 heterocycles. The van der Waals surface area contributed by atoms with Gasteiger partial charge in [-0.15, -0.1) is 11.3 Å². The highest BCUT2D eigenvalue weighted by Crippen LogP contribution is 2.24. The van der Waals surface area contributed by atoms with Gasteiger partial charge >= 0.3 is 0 Å². The minimum Gasteiger partial charge on any atom is -0.320 e. The summed E-state index contributed by atoms with van der Waals surface area (Å²) in [6.45, 7) is 0. The molecule has 1 aliphatic carbocycles. The van der Waals surface area contributed by atoms with Crippen LogP contribution in [0.25, 0.3) is 0 Å². The standard InChI is InChI=1S/C21H29N3O2S/c25-20-14-17(23-21(26)19-15-27-16-22-19)12-13-24(20)18-10-8-6-4-2-1-3-5-7-9-11-18/h12-16,18H,1-11H2,(H,23,26). The van der Waals surface area contributed by atoms with Crippen LogP contribution in [0, 0.1) is 0 Å². The number of hydrogen-bond donors (Lipinski definition) is 1. The third-order valence-corrected chi connectivity index (χ3v) is 5.93. The summed E-state index contributed by atoms with van der Waals surface area (Å²) in [7, 11) is 0. The molecule has 1 saturated carbocycles. The van der Waals surface area contributed by atoms with E-state index in [1.165, 1.54) is 75.2 Å². The third-order valence-electron chi connectivity index (χ3n) is 5.34. The quantitative estimate of drug-likeness (QED) is 0.766. The van der Waals surface area contributed by atoms with Crippen LogP contribution in [0.2, 0.25) is 0 Å². The van der Waals surface area contributed by atoms with Gasteiger partial charge in [-0.2, -0.15) is 0 Å². The second kappa shape index (κ2) is 10.4. The van der Waals surface area contributed by atoms with E-state index in [0.717, 1.165) is 12.8 Å². The smallest absolute Gasteiger partial charge is 0.275 e. The van der Waals surface area contributed by atoms with Gasteiger partial charge in [0.25, 0.3) is 11.5 Å². The number of rotatable bonds is 3. The third kappa shape index (κ3) is 6.03. The highest BCUT2D eigenvalue weighted by Gasteiger charge is 2.14. The fourth-order valence-corrected chi connectivity index (χ4v) is 4.34. The Bertz CT molecular complexity index is 758. The van der Waals surface area contributed by atoms with Crippen molar-refractivity contribution in [3.05, 3.63) is 45.3 Å². The molecule has 0 radical (unpaired) electrons. The number of carbonyl (C=O) groups excluding carboxylic acids is 1. The van der Waals surface area contributed by atoms with Crippen LogP contribution in [0.1, 0.15) is 87.2 Å². The van der Waals surface area contributed by atoms with E-state index >= 15 is 0 Å². The molecule has 0 unspecified atom stereocenters. The summed E-state index contributed by atoms with van der Waals surface area (Å²) in [6.07, 6.45) is 15.5. The Morgan fingerprint density at radius 3 is 2.22 bits per heavy atom. The molecule has 2 aromatic rings. The van der Waals surface area contributed by atoms with E-state index in [9.17, 15) is 9.59 Å². The van der Waals surface area contributed by atoms with E-state index in [1.807, 2.05) is 16.8 Å². The molecular weight excluding hydrogens is 358 g/mol. The molecule has 0 spiro atoms. The number of aromatic nitrogens is 2. The molecular formula is C21H29N3O2S. The molecule has 146 valence electrons.